The van der Waals surface area contributed by atoms with Crippen LogP contribution < -0.4 is 10.6 Å². The smallest absolute Gasteiger partial charge is 0.390 e. The largest absolute Gasteiger partial charge is 0.391 e. The van der Waals surface area contributed by atoms with Crippen molar-refractivity contribution in [1.82, 2.24) is 10.6 Å². The zero-order valence-corrected chi connectivity index (χ0v) is 9.97. The van der Waals surface area contributed by atoms with Gasteiger partial charge in [-0.3, -0.25) is 0 Å². The molecule has 2 amide bonds. The van der Waals surface area contributed by atoms with Crippen molar-refractivity contribution >= 4 is 6.03 Å². The van der Waals surface area contributed by atoms with Gasteiger partial charge in [0.25, 0.3) is 0 Å². The average molecular weight is 256 g/mol. The van der Waals surface area contributed by atoms with Crippen molar-refractivity contribution in [2.75, 3.05) is 13.1 Å². The van der Waals surface area contributed by atoms with Crippen LogP contribution in [0.25, 0.3) is 0 Å². The number of nitrogens with one attached hydrogen (secondary N) is 2. The fourth-order valence-electron chi connectivity index (χ4n) is 1.22. The summed E-state index contributed by atoms with van der Waals surface area (Å²) >= 11 is 0. The normalized spacial score (nSPS) is 13.6. The lowest BCUT2D eigenvalue weighted by Gasteiger charge is -2.14. The van der Waals surface area contributed by atoms with E-state index in [2.05, 4.69) is 10.6 Å². The van der Waals surface area contributed by atoms with Gasteiger partial charge in [-0.05, 0) is 12.3 Å². The Bertz CT molecular complexity index is 232. The first-order valence-electron chi connectivity index (χ1n) is 5.47. The van der Waals surface area contributed by atoms with Crippen LogP contribution in [0.1, 0.15) is 26.7 Å². The lowest BCUT2D eigenvalue weighted by atomic mass is 10.1. The lowest BCUT2D eigenvalue weighted by molar-refractivity contribution is -0.132. The Morgan fingerprint density at radius 1 is 1.29 bits per heavy atom. The summed E-state index contributed by atoms with van der Waals surface area (Å²) in [5.74, 6) is 0.292. The average Bonchev–Trinajstić information content (AvgIpc) is 2.11. The Labute approximate surface area is 98.6 Å². The summed E-state index contributed by atoms with van der Waals surface area (Å²) in [5, 5.41) is 13.8. The SMILES string of the molecule is CC(C)CC(O)CNC(=O)NCCC(F)(F)F. The third-order valence-electron chi connectivity index (χ3n) is 1.94. The number of carbonyl (C=O) groups is 1. The third kappa shape index (κ3) is 11.3. The molecule has 4 nitrogen and oxygen atoms in total. The highest BCUT2D eigenvalue weighted by molar-refractivity contribution is 5.73. The van der Waals surface area contributed by atoms with E-state index in [1.165, 1.54) is 0 Å². The number of hydrogen-bond acceptors (Lipinski definition) is 2. The van der Waals surface area contributed by atoms with Crippen molar-refractivity contribution in [2.24, 2.45) is 5.92 Å². The number of halogens is 3. The Morgan fingerprint density at radius 3 is 2.35 bits per heavy atom. The number of urea groups is 1. The van der Waals surface area contributed by atoms with Crippen molar-refractivity contribution in [3.05, 3.63) is 0 Å². The van der Waals surface area contributed by atoms with Crippen LogP contribution >= 0.6 is 0 Å². The van der Waals surface area contributed by atoms with Gasteiger partial charge in [0.15, 0.2) is 0 Å². The Kier molecular flexibility index (Phi) is 6.94. The van der Waals surface area contributed by atoms with Gasteiger partial charge in [-0.1, -0.05) is 13.8 Å². The molecular weight excluding hydrogens is 237 g/mol. The Balaban J connectivity index is 3.60. The van der Waals surface area contributed by atoms with E-state index in [9.17, 15) is 23.1 Å². The molecule has 0 heterocycles. The Hall–Kier alpha value is -0.980. The molecule has 0 aliphatic rings. The van der Waals surface area contributed by atoms with Gasteiger partial charge in [0.05, 0.1) is 12.5 Å². The minimum Gasteiger partial charge on any atom is -0.391 e. The van der Waals surface area contributed by atoms with Gasteiger partial charge in [0, 0.05) is 13.1 Å². The zero-order chi connectivity index (χ0) is 13.5. The molecular formula is C10H19F3N2O2. The molecule has 0 fully saturated rings. The molecule has 1 unspecified atom stereocenters. The predicted octanol–water partition coefficient (Wildman–Crippen LogP) is 1.65. The standard InChI is InChI=1S/C10H19F3N2O2/c1-7(2)5-8(16)6-15-9(17)14-4-3-10(11,12)13/h7-8,16H,3-6H2,1-2H3,(H2,14,15,17). The predicted molar refractivity (Wildman–Crippen MR) is 57.5 cm³/mol. The molecule has 1 atom stereocenters. The molecule has 0 aromatic heterocycles. The number of alkyl halides is 3. The fraction of sp³-hybridized carbons (Fsp3) is 0.900. The molecule has 7 heteroatoms. The number of hydrogen-bond donors (Lipinski definition) is 3. The van der Waals surface area contributed by atoms with Gasteiger partial charge in [0.2, 0.25) is 0 Å². The molecule has 0 saturated carbocycles. The van der Waals surface area contributed by atoms with Crippen molar-refractivity contribution in [2.45, 2.75) is 39.0 Å². The van der Waals surface area contributed by atoms with Gasteiger partial charge < -0.3 is 15.7 Å². The molecule has 0 spiro atoms. The molecule has 0 aromatic carbocycles. The summed E-state index contributed by atoms with van der Waals surface area (Å²) in [6.45, 7) is 3.42. The monoisotopic (exact) mass is 256 g/mol. The van der Waals surface area contributed by atoms with E-state index in [0.29, 0.717) is 12.3 Å². The maximum Gasteiger partial charge on any atom is 0.390 e. The van der Waals surface area contributed by atoms with Crippen LogP contribution in [0.2, 0.25) is 0 Å². The van der Waals surface area contributed by atoms with Gasteiger partial charge in [0.1, 0.15) is 0 Å². The van der Waals surface area contributed by atoms with Crippen molar-refractivity contribution in [3.8, 4) is 0 Å². The maximum atomic E-state index is 11.8. The van der Waals surface area contributed by atoms with Crippen LogP contribution in [-0.2, 0) is 0 Å². The van der Waals surface area contributed by atoms with Gasteiger partial charge in [-0.15, -0.1) is 0 Å². The minimum absolute atomic E-state index is 0.0377. The van der Waals surface area contributed by atoms with Gasteiger partial charge in [-0.25, -0.2) is 4.79 Å². The van der Waals surface area contributed by atoms with Crippen molar-refractivity contribution in [3.63, 3.8) is 0 Å². The molecule has 0 radical (unpaired) electrons. The third-order valence-corrected chi connectivity index (χ3v) is 1.94. The maximum absolute atomic E-state index is 11.8. The van der Waals surface area contributed by atoms with Crippen molar-refractivity contribution in [1.29, 1.82) is 0 Å². The van der Waals surface area contributed by atoms with Gasteiger partial charge >= 0.3 is 12.2 Å². The highest BCUT2D eigenvalue weighted by Gasteiger charge is 2.26. The second-order valence-electron chi connectivity index (χ2n) is 4.29. The fourth-order valence-corrected chi connectivity index (χ4v) is 1.22. The number of amides is 2. The summed E-state index contributed by atoms with van der Waals surface area (Å²) in [5.41, 5.74) is 0. The molecule has 3 N–H and O–H groups in total. The molecule has 0 aliphatic carbocycles. The number of aliphatic hydroxyl groups excluding tert-OH is 1. The molecule has 102 valence electrons. The van der Waals surface area contributed by atoms with E-state index >= 15 is 0 Å². The first-order chi connectivity index (χ1) is 7.70. The molecule has 0 saturated heterocycles. The van der Waals surface area contributed by atoms with E-state index in [-0.39, 0.29) is 6.54 Å². The number of carbonyl (C=O) groups excluding carboxylic acids is 1. The second-order valence-corrected chi connectivity index (χ2v) is 4.29. The summed E-state index contributed by atoms with van der Waals surface area (Å²) in [6.07, 6.45) is -5.48. The lowest BCUT2D eigenvalue weighted by Crippen LogP contribution is -2.41. The molecule has 0 bridgehead atoms. The molecule has 0 rings (SSSR count). The van der Waals surface area contributed by atoms with E-state index in [0.717, 1.165) is 0 Å². The van der Waals surface area contributed by atoms with E-state index in [1.807, 2.05) is 13.8 Å². The van der Waals surface area contributed by atoms with Crippen LogP contribution in [0.15, 0.2) is 0 Å². The van der Waals surface area contributed by atoms with Crippen LogP contribution in [0, 0.1) is 5.92 Å². The van der Waals surface area contributed by atoms with E-state index in [1.54, 1.807) is 0 Å². The van der Waals surface area contributed by atoms with Crippen LogP contribution in [0.4, 0.5) is 18.0 Å². The quantitative estimate of drug-likeness (QED) is 0.676. The van der Waals surface area contributed by atoms with Crippen LogP contribution in [0.3, 0.4) is 0 Å². The van der Waals surface area contributed by atoms with Crippen LogP contribution in [-0.4, -0.2) is 36.5 Å². The minimum atomic E-state index is -4.27. The molecule has 0 aliphatic heterocycles. The molecule has 0 aromatic rings. The number of rotatable bonds is 6. The highest BCUT2D eigenvalue weighted by atomic mass is 19.4. The summed E-state index contributed by atoms with van der Waals surface area (Å²) < 4.78 is 35.3. The van der Waals surface area contributed by atoms with E-state index in [4.69, 9.17) is 0 Å². The number of aliphatic hydroxyl groups is 1. The van der Waals surface area contributed by atoms with Crippen molar-refractivity contribution < 1.29 is 23.1 Å². The van der Waals surface area contributed by atoms with Gasteiger partial charge in [-0.2, -0.15) is 13.2 Å². The first-order valence-corrected chi connectivity index (χ1v) is 5.47. The first kappa shape index (κ1) is 16.0. The molecule has 17 heavy (non-hydrogen) atoms. The van der Waals surface area contributed by atoms with Crippen LogP contribution in [0.5, 0.6) is 0 Å². The summed E-state index contributed by atoms with van der Waals surface area (Å²) in [4.78, 5) is 11.0. The summed E-state index contributed by atoms with van der Waals surface area (Å²) in [6, 6.07) is -0.697. The Morgan fingerprint density at radius 2 is 1.88 bits per heavy atom. The zero-order valence-electron chi connectivity index (χ0n) is 9.97. The summed E-state index contributed by atoms with van der Waals surface area (Å²) in [7, 11) is 0. The van der Waals surface area contributed by atoms with E-state index < -0.39 is 31.3 Å². The second kappa shape index (κ2) is 7.37. The topological polar surface area (TPSA) is 61.4 Å². The highest BCUT2D eigenvalue weighted by Crippen LogP contribution is 2.17.